The molecule has 1 amide bonds. The average Bonchev–Trinajstić information content (AvgIpc) is 3.42. The van der Waals surface area contributed by atoms with Gasteiger partial charge in [0.1, 0.15) is 5.69 Å². The number of halogens is 4. The highest BCUT2D eigenvalue weighted by molar-refractivity contribution is 6.30. The summed E-state index contributed by atoms with van der Waals surface area (Å²) in [4.78, 5) is 17.0. The Morgan fingerprint density at radius 1 is 1.15 bits per heavy atom. The molecule has 170 valence electrons. The second-order valence-corrected chi connectivity index (χ2v) is 8.48. The number of rotatable bonds is 5. The van der Waals surface area contributed by atoms with Crippen LogP contribution in [0.15, 0.2) is 42.5 Å². The van der Waals surface area contributed by atoms with Crippen molar-refractivity contribution in [3.05, 3.63) is 75.8 Å². The van der Waals surface area contributed by atoms with E-state index >= 15 is 0 Å². The first kappa shape index (κ1) is 21.4. The molecule has 3 aromatic heterocycles. The first-order valence-corrected chi connectivity index (χ1v) is 10.6. The van der Waals surface area contributed by atoms with E-state index in [0.29, 0.717) is 21.8 Å². The van der Waals surface area contributed by atoms with Crippen LogP contribution in [0.5, 0.6) is 0 Å². The second kappa shape index (κ2) is 7.87. The number of hydrogen-bond donors (Lipinski definition) is 1. The van der Waals surface area contributed by atoms with Crippen LogP contribution >= 0.6 is 11.6 Å². The van der Waals surface area contributed by atoms with E-state index in [2.05, 4.69) is 20.5 Å². The van der Waals surface area contributed by atoms with E-state index in [1.807, 2.05) is 19.1 Å². The van der Waals surface area contributed by atoms with E-state index in [9.17, 15) is 18.0 Å². The fourth-order valence-electron chi connectivity index (χ4n) is 3.57. The predicted molar refractivity (Wildman–Crippen MR) is 115 cm³/mol. The van der Waals surface area contributed by atoms with E-state index in [1.54, 1.807) is 22.9 Å². The molecule has 1 aliphatic carbocycles. The highest BCUT2D eigenvalue weighted by atomic mass is 35.5. The summed E-state index contributed by atoms with van der Waals surface area (Å²) < 4.78 is 43.1. The fourth-order valence-corrected chi connectivity index (χ4v) is 3.70. The molecule has 1 aromatic carbocycles. The monoisotopic (exact) mass is 474 g/mol. The third kappa shape index (κ3) is 4.43. The molecule has 11 heteroatoms. The van der Waals surface area contributed by atoms with Crippen molar-refractivity contribution in [1.82, 2.24) is 24.4 Å². The van der Waals surface area contributed by atoms with Gasteiger partial charge in [0.15, 0.2) is 17.2 Å². The van der Waals surface area contributed by atoms with E-state index < -0.39 is 17.8 Å². The Morgan fingerprint density at radius 2 is 1.88 bits per heavy atom. The molecule has 33 heavy (non-hydrogen) atoms. The molecular weight excluding hydrogens is 457 g/mol. The summed E-state index contributed by atoms with van der Waals surface area (Å²) in [6, 6.07) is 11.3. The van der Waals surface area contributed by atoms with Crippen LogP contribution in [-0.2, 0) is 12.7 Å². The topological polar surface area (TPSA) is 77.1 Å². The summed E-state index contributed by atoms with van der Waals surface area (Å²) in [5, 5.41) is 11.5. The van der Waals surface area contributed by atoms with Gasteiger partial charge in [-0.1, -0.05) is 23.7 Å². The summed E-state index contributed by atoms with van der Waals surface area (Å²) in [6.45, 7) is 2.30. The lowest BCUT2D eigenvalue weighted by atomic mass is 10.2. The number of aromatic nitrogens is 5. The van der Waals surface area contributed by atoms with Crippen molar-refractivity contribution < 1.29 is 18.0 Å². The van der Waals surface area contributed by atoms with Gasteiger partial charge in [-0.2, -0.15) is 23.4 Å². The highest BCUT2D eigenvalue weighted by Crippen LogP contribution is 2.41. The van der Waals surface area contributed by atoms with Gasteiger partial charge < -0.3 is 5.32 Å². The third-order valence-electron chi connectivity index (χ3n) is 5.43. The normalized spacial score (nSPS) is 14.1. The Morgan fingerprint density at radius 3 is 2.55 bits per heavy atom. The molecule has 1 saturated carbocycles. The first-order chi connectivity index (χ1) is 15.7. The molecule has 0 aliphatic heterocycles. The van der Waals surface area contributed by atoms with Crippen LogP contribution in [0.3, 0.4) is 0 Å². The Hall–Kier alpha value is -3.40. The van der Waals surface area contributed by atoms with Crippen molar-refractivity contribution in [1.29, 1.82) is 0 Å². The maximum atomic E-state index is 13.6. The Labute approximate surface area is 191 Å². The predicted octanol–water partition coefficient (Wildman–Crippen LogP) is 5.08. The van der Waals surface area contributed by atoms with Gasteiger partial charge in [0.2, 0.25) is 0 Å². The number of nitrogens with zero attached hydrogens (tertiary/aromatic N) is 5. The number of nitrogens with one attached hydrogen (secondary N) is 1. The molecule has 3 heterocycles. The number of aryl methyl sites for hydroxylation is 1. The summed E-state index contributed by atoms with van der Waals surface area (Å²) in [7, 11) is 0. The molecule has 0 spiro atoms. The molecule has 0 atom stereocenters. The summed E-state index contributed by atoms with van der Waals surface area (Å²) >= 11 is 5.91. The molecule has 4 aromatic rings. The van der Waals surface area contributed by atoms with Crippen LogP contribution in [0.4, 0.5) is 19.0 Å². The SMILES string of the molecule is Cc1cc(NC(=O)c2cc3nc(C4CC4)cc(C(F)(F)F)n3n2)nn1Cc1ccc(Cl)cc1. The third-order valence-corrected chi connectivity index (χ3v) is 5.69. The fraction of sp³-hybridized carbons (Fsp3) is 0.273. The number of fused-ring (bicyclic) bond motifs is 1. The Kier molecular flexibility index (Phi) is 5.12. The summed E-state index contributed by atoms with van der Waals surface area (Å²) in [5.41, 5.74) is 1.01. The molecule has 1 N–H and O–H groups in total. The number of carbonyl (C=O) groups excluding carboxylic acids is 1. The van der Waals surface area contributed by atoms with E-state index in [0.717, 1.165) is 30.2 Å². The second-order valence-electron chi connectivity index (χ2n) is 8.05. The Bertz CT molecular complexity index is 1360. The van der Waals surface area contributed by atoms with E-state index in [-0.39, 0.29) is 23.1 Å². The largest absolute Gasteiger partial charge is 0.433 e. The minimum absolute atomic E-state index is 0.0127. The van der Waals surface area contributed by atoms with Crippen LogP contribution in [0.1, 0.15) is 51.9 Å². The van der Waals surface area contributed by atoms with Gasteiger partial charge in [-0.15, -0.1) is 0 Å². The maximum absolute atomic E-state index is 13.6. The molecule has 5 rings (SSSR count). The van der Waals surface area contributed by atoms with Gasteiger partial charge in [0.25, 0.3) is 5.91 Å². The zero-order valence-corrected chi connectivity index (χ0v) is 18.2. The Balaban J connectivity index is 1.40. The number of benzene rings is 1. The van der Waals surface area contributed by atoms with Crippen molar-refractivity contribution in [3.8, 4) is 0 Å². The van der Waals surface area contributed by atoms with Gasteiger partial charge in [-0.25, -0.2) is 9.50 Å². The van der Waals surface area contributed by atoms with Crippen LogP contribution in [-0.4, -0.2) is 30.3 Å². The van der Waals surface area contributed by atoms with E-state index in [4.69, 9.17) is 11.6 Å². The average molecular weight is 475 g/mol. The lowest BCUT2D eigenvalue weighted by molar-refractivity contribution is -0.142. The van der Waals surface area contributed by atoms with Gasteiger partial charge in [-0.3, -0.25) is 9.48 Å². The number of alkyl halides is 3. The number of hydrogen-bond acceptors (Lipinski definition) is 4. The lowest BCUT2D eigenvalue weighted by Gasteiger charge is -2.10. The molecule has 7 nitrogen and oxygen atoms in total. The lowest BCUT2D eigenvalue weighted by Crippen LogP contribution is -2.16. The molecule has 1 aliphatic rings. The summed E-state index contributed by atoms with van der Waals surface area (Å²) in [6.07, 6.45) is -3.01. The number of carbonyl (C=O) groups is 1. The van der Waals surface area contributed by atoms with Crippen molar-refractivity contribution in [2.24, 2.45) is 0 Å². The van der Waals surface area contributed by atoms with Crippen molar-refractivity contribution in [2.45, 2.75) is 38.4 Å². The van der Waals surface area contributed by atoms with Crippen molar-refractivity contribution >= 4 is 29.0 Å². The summed E-state index contributed by atoms with van der Waals surface area (Å²) in [5.74, 6) is -0.375. The van der Waals surface area contributed by atoms with Gasteiger partial charge in [0.05, 0.1) is 6.54 Å². The number of anilines is 1. The molecule has 0 bridgehead atoms. The smallest absolute Gasteiger partial charge is 0.304 e. The van der Waals surface area contributed by atoms with Gasteiger partial charge >= 0.3 is 6.18 Å². The molecule has 1 fully saturated rings. The quantitative estimate of drug-likeness (QED) is 0.437. The minimum Gasteiger partial charge on any atom is -0.304 e. The standard InChI is InChI=1S/C22H18ClF3N6O/c1-12-8-19(30-31(12)11-13-2-6-15(23)7-3-13)28-21(33)17-10-20-27-16(14-4-5-14)9-18(22(24,25)26)32(20)29-17/h2-3,6-10,14H,4-5,11H2,1H3,(H,28,30,33). The molecule has 0 radical (unpaired) electrons. The first-order valence-electron chi connectivity index (χ1n) is 10.3. The highest BCUT2D eigenvalue weighted by Gasteiger charge is 2.37. The van der Waals surface area contributed by atoms with Crippen LogP contribution in [0.25, 0.3) is 5.65 Å². The van der Waals surface area contributed by atoms with Crippen molar-refractivity contribution in [3.63, 3.8) is 0 Å². The number of amides is 1. The van der Waals surface area contributed by atoms with Crippen LogP contribution < -0.4 is 5.32 Å². The van der Waals surface area contributed by atoms with Gasteiger partial charge in [-0.05, 0) is 43.5 Å². The van der Waals surface area contributed by atoms with Crippen LogP contribution in [0.2, 0.25) is 5.02 Å². The zero-order chi connectivity index (χ0) is 23.3. The minimum atomic E-state index is -4.62. The van der Waals surface area contributed by atoms with E-state index in [1.165, 1.54) is 6.07 Å². The van der Waals surface area contributed by atoms with Crippen molar-refractivity contribution in [2.75, 3.05) is 5.32 Å². The molecule has 0 unspecified atom stereocenters. The molecular formula is C22H18ClF3N6O. The maximum Gasteiger partial charge on any atom is 0.433 e. The molecule has 0 saturated heterocycles. The zero-order valence-electron chi connectivity index (χ0n) is 17.4. The van der Waals surface area contributed by atoms with Crippen LogP contribution in [0, 0.1) is 6.92 Å². The van der Waals surface area contributed by atoms with Gasteiger partial charge in [0, 0.05) is 34.5 Å².